The lowest BCUT2D eigenvalue weighted by Crippen LogP contribution is -2.41. The van der Waals surface area contributed by atoms with E-state index >= 15 is 0 Å². The van der Waals surface area contributed by atoms with Gasteiger partial charge in [-0.15, -0.1) is 0 Å². The SMILES string of the molecule is COc1ccc(N(CC(=O)NCCC(C)C)S(C)(=O)=O)c(OC)c1. The normalized spacial score (nSPS) is 11.2. The molecule has 24 heavy (non-hydrogen) atoms. The molecule has 0 atom stereocenters. The van der Waals surface area contributed by atoms with Crippen LogP contribution in [0.2, 0.25) is 0 Å². The molecule has 0 heterocycles. The highest BCUT2D eigenvalue weighted by atomic mass is 32.2. The number of nitrogens with zero attached hydrogens (tertiary/aromatic N) is 1. The largest absolute Gasteiger partial charge is 0.497 e. The predicted octanol–water partition coefficient (Wildman–Crippen LogP) is 1.63. The molecule has 0 radical (unpaired) electrons. The number of methoxy groups -OCH3 is 2. The molecule has 1 amide bonds. The van der Waals surface area contributed by atoms with Gasteiger partial charge >= 0.3 is 0 Å². The Morgan fingerprint density at radius 2 is 1.92 bits per heavy atom. The molecule has 1 aromatic carbocycles. The van der Waals surface area contributed by atoms with E-state index in [0.29, 0.717) is 29.6 Å². The number of rotatable bonds is 9. The fourth-order valence-corrected chi connectivity index (χ4v) is 2.92. The lowest BCUT2D eigenvalue weighted by Gasteiger charge is -2.24. The van der Waals surface area contributed by atoms with Gasteiger partial charge in [-0.05, 0) is 24.5 Å². The Balaban J connectivity index is 3.01. The van der Waals surface area contributed by atoms with E-state index in [4.69, 9.17) is 9.47 Å². The third-order valence-corrected chi connectivity index (χ3v) is 4.51. The minimum absolute atomic E-state index is 0.291. The van der Waals surface area contributed by atoms with Gasteiger partial charge in [-0.25, -0.2) is 8.42 Å². The van der Waals surface area contributed by atoms with Crippen molar-refractivity contribution in [3.8, 4) is 11.5 Å². The van der Waals surface area contributed by atoms with Gasteiger partial charge in [0.25, 0.3) is 0 Å². The number of hydrogen-bond acceptors (Lipinski definition) is 5. The van der Waals surface area contributed by atoms with Crippen molar-refractivity contribution in [2.75, 3.05) is 37.9 Å². The van der Waals surface area contributed by atoms with E-state index in [1.54, 1.807) is 18.2 Å². The highest BCUT2D eigenvalue weighted by Crippen LogP contribution is 2.33. The van der Waals surface area contributed by atoms with Gasteiger partial charge in [0.2, 0.25) is 15.9 Å². The molecule has 0 aliphatic heterocycles. The van der Waals surface area contributed by atoms with Crippen LogP contribution >= 0.6 is 0 Å². The molecule has 0 saturated carbocycles. The van der Waals surface area contributed by atoms with Crippen LogP contribution in [-0.4, -0.2) is 47.9 Å². The van der Waals surface area contributed by atoms with Crippen molar-refractivity contribution in [3.05, 3.63) is 18.2 Å². The molecule has 0 aromatic heterocycles. The molecule has 0 aliphatic rings. The van der Waals surface area contributed by atoms with Crippen LogP contribution in [0.3, 0.4) is 0 Å². The molecule has 0 unspecified atom stereocenters. The van der Waals surface area contributed by atoms with Crippen molar-refractivity contribution in [2.45, 2.75) is 20.3 Å². The molecule has 136 valence electrons. The summed E-state index contributed by atoms with van der Waals surface area (Å²) in [6, 6.07) is 4.75. The fourth-order valence-electron chi connectivity index (χ4n) is 2.06. The molecule has 1 aromatic rings. The fraction of sp³-hybridized carbons (Fsp3) is 0.562. The number of hydrogen-bond donors (Lipinski definition) is 1. The van der Waals surface area contributed by atoms with E-state index in [1.807, 2.05) is 0 Å². The Labute approximate surface area is 144 Å². The Kier molecular flexibility index (Phi) is 7.34. The van der Waals surface area contributed by atoms with Gasteiger partial charge in [-0.3, -0.25) is 9.10 Å². The van der Waals surface area contributed by atoms with E-state index in [0.717, 1.165) is 17.0 Å². The van der Waals surface area contributed by atoms with Crippen LogP contribution in [-0.2, 0) is 14.8 Å². The predicted molar refractivity (Wildman–Crippen MR) is 94.2 cm³/mol. The number of amides is 1. The maximum absolute atomic E-state index is 12.1. The Morgan fingerprint density at radius 1 is 1.25 bits per heavy atom. The van der Waals surface area contributed by atoms with Crippen LogP contribution in [0.5, 0.6) is 11.5 Å². The lowest BCUT2D eigenvalue weighted by atomic mass is 10.1. The van der Waals surface area contributed by atoms with E-state index in [9.17, 15) is 13.2 Å². The standard InChI is InChI=1S/C16H26N2O5S/c1-12(2)8-9-17-16(19)11-18(24(5,20)21)14-7-6-13(22-3)10-15(14)23-4/h6-7,10,12H,8-9,11H2,1-5H3,(H,17,19). The molecule has 7 nitrogen and oxygen atoms in total. The summed E-state index contributed by atoms with van der Waals surface area (Å²) in [4.78, 5) is 12.1. The van der Waals surface area contributed by atoms with E-state index in [2.05, 4.69) is 19.2 Å². The first-order valence-electron chi connectivity index (χ1n) is 7.65. The first-order valence-corrected chi connectivity index (χ1v) is 9.50. The van der Waals surface area contributed by atoms with Gasteiger partial charge in [0.1, 0.15) is 18.0 Å². The first-order chi connectivity index (χ1) is 11.2. The molecule has 1 rings (SSSR count). The number of carbonyl (C=O) groups is 1. The van der Waals surface area contributed by atoms with E-state index in [1.165, 1.54) is 14.2 Å². The number of nitrogens with one attached hydrogen (secondary N) is 1. The highest BCUT2D eigenvalue weighted by molar-refractivity contribution is 7.92. The van der Waals surface area contributed by atoms with Crippen LogP contribution in [0.1, 0.15) is 20.3 Å². The summed E-state index contributed by atoms with van der Waals surface area (Å²) < 4.78 is 35.6. The Bertz CT molecular complexity index is 658. The van der Waals surface area contributed by atoms with Crippen molar-refractivity contribution >= 4 is 21.6 Å². The highest BCUT2D eigenvalue weighted by Gasteiger charge is 2.24. The quantitative estimate of drug-likeness (QED) is 0.725. The molecule has 0 bridgehead atoms. The molecular weight excluding hydrogens is 332 g/mol. The summed E-state index contributed by atoms with van der Waals surface area (Å²) in [6.07, 6.45) is 1.88. The second-order valence-corrected chi connectivity index (χ2v) is 7.75. The monoisotopic (exact) mass is 358 g/mol. The van der Waals surface area contributed by atoms with Crippen LogP contribution in [0.4, 0.5) is 5.69 Å². The number of sulfonamides is 1. The average molecular weight is 358 g/mol. The minimum Gasteiger partial charge on any atom is -0.497 e. The van der Waals surface area contributed by atoms with Crippen LogP contribution in [0.15, 0.2) is 18.2 Å². The summed E-state index contributed by atoms with van der Waals surface area (Å²) >= 11 is 0. The van der Waals surface area contributed by atoms with Crippen LogP contribution in [0.25, 0.3) is 0 Å². The smallest absolute Gasteiger partial charge is 0.240 e. The Hall–Kier alpha value is -1.96. The summed E-state index contributed by atoms with van der Waals surface area (Å²) in [6.45, 7) is 4.31. The van der Waals surface area contributed by atoms with Crippen molar-refractivity contribution in [1.82, 2.24) is 5.32 Å². The second-order valence-electron chi connectivity index (χ2n) is 5.84. The maximum atomic E-state index is 12.1. The van der Waals surface area contributed by atoms with Gasteiger partial charge in [0.15, 0.2) is 0 Å². The zero-order chi connectivity index (χ0) is 18.3. The van der Waals surface area contributed by atoms with E-state index < -0.39 is 10.0 Å². The number of benzene rings is 1. The van der Waals surface area contributed by atoms with Crippen LogP contribution in [0, 0.1) is 5.92 Å². The van der Waals surface area contributed by atoms with Gasteiger partial charge in [-0.2, -0.15) is 0 Å². The van der Waals surface area contributed by atoms with Crippen molar-refractivity contribution in [1.29, 1.82) is 0 Å². The molecule has 1 N–H and O–H groups in total. The van der Waals surface area contributed by atoms with Crippen molar-refractivity contribution in [2.24, 2.45) is 5.92 Å². The number of carbonyl (C=O) groups excluding carboxylic acids is 1. The Morgan fingerprint density at radius 3 is 2.42 bits per heavy atom. The van der Waals surface area contributed by atoms with Gasteiger partial charge in [-0.1, -0.05) is 13.8 Å². The number of anilines is 1. The second kappa shape index (κ2) is 8.77. The molecule has 0 saturated heterocycles. The molecular formula is C16H26N2O5S. The van der Waals surface area contributed by atoms with Crippen LogP contribution < -0.4 is 19.1 Å². The summed E-state index contributed by atoms with van der Waals surface area (Å²) in [5.74, 6) is 0.942. The van der Waals surface area contributed by atoms with Crippen molar-refractivity contribution < 1.29 is 22.7 Å². The topological polar surface area (TPSA) is 84.9 Å². The van der Waals surface area contributed by atoms with Crippen molar-refractivity contribution in [3.63, 3.8) is 0 Å². The zero-order valence-corrected chi connectivity index (χ0v) is 15.6. The first kappa shape index (κ1) is 20.1. The molecule has 8 heteroatoms. The zero-order valence-electron chi connectivity index (χ0n) is 14.8. The van der Waals surface area contributed by atoms with E-state index in [-0.39, 0.29) is 12.5 Å². The third kappa shape index (κ3) is 5.92. The molecule has 0 fully saturated rings. The van der Waals surface area contributed by atoms with Gasteiger partial charge in [0.05, 0.1) is 26.2 Å². The molecule has 0 aliphatic carbocycles. The molecule has 0 spiro atoms. The lowest BCUT2D eigenvalue weighted by molar-refractivity contribution is -0.119. The summed E-state index contributed by atoms with van der Waals surface area (Å²) in [5.41, 5.74) is 0.291. The maximum Gasteiger partial charge on any atom is 0.240 e. The summed E-state index contributed by atoms with van der Waals surface area (Å²) in [5, 5.41) is 2.74. The minimum atomic E-state index is -3.65. The van der Waals surface area contributed by atoms with Gasteiger partial charge in [0, 0.05) is 12.6 Å². The summed E-state index contributed by atoms with van der Waals surface area (Å²) in [7, 11) is -0.718. The number of ether oxygens (including phenoxy) is 2. The average Bonchev–Trinajstić information content (AvgIpc) is 2.50. The van der Waals surface area contributed by atoms with Gasteiger partial charge < -0.3 is 14.8 Å². The third-order valence-electron chi connectivity index (χ3n) is 3.39.